The van der Waals surface area contributed by atoms with Gasteiger partial charge in [-0.05, 0) is 43.2 Å². The van der Waals surface area contributed by atoms with Crippen molar-refractivity contribution in [3.8, 4) is 0 Å². The summed E-state index contributed by atoms with van der Waals surface area (Å²) in [5.74, 6) is 2.61. The predicted octanol–water partition coefficient (Wildman–Crippen LogP) is 3.50. The largest absolute Gasteiger partial charge is 0.339 e. The molecule has 2 heterocycles. The van der Waals surface area contributed by atoms with E-state index in [0.717, 1.165) is 18.2 Å². The number of aromatic nitrogens is 1. The molecule has 1 saturated carbocycles. The van der Waals surface area contributed by atoms with Crippen LogP contribution in [0.2, 0.25) is 0 Å². The molecule has 1 aromatic heterocycles. The second-order valence-electron chi connectivity index (χ2n) is 6.20. The van der Waals surface area contributed by atoms with Gasteiger partial charge in [-0.3, -0.25) is 9.78 Å². The number of rotatable bonds is 4. The van der Waals surface area contributed by atoms with Gasteiger partial charge < -0.3 is 4.90 Å². The standard InChI is InChI=1S/C17H24N2OS/c20-17(13-21-12-14-5-3-9-18-11-14)19-10-4-7-15-6-1-2-8-16(15)19/h3,5,9,11,15-16H,1-2,4,6-8,10,12-13H2. The third-order valence-electron chi connectivity index (χ3n) is 4.78. The summed E-state index contributed by atoms with van der Waals surface area (Å²) in [6.45, 7) is 0.980. The van der Waals surface area contributed by atoms with E-state index in [-0.39, 0.29) is 0 Å². The van der Waals surface area contributed by atoms with Crippen molar-refractivity contribution >= 4 is 17.7 Å². The van der Waals surface area contributed by atoms with E-state index < -0.39 is 0 Å². The zero-order valence-electron chi connectivity index (χ0n) is 12.5. The summed E-state index contributed by atoms with van der Waals surface area (Å²) >= 11 is 1.72. The number of carbonyl (C=O) groups is 1. The molecule has 0 radical (unpaired) electrons. The second-order valence-corrected chi connectivity index (χ2v) is 7.18. The van der Waals surface area contributed by atoms with Crippen LogP contribution in [0.15, 0.2) is 24.5 Å². The first-order valence-electron chi connectivity index (χ1n) is 8.11. The maximum absolute atomic E-state index is 12.5. The van der Waals surface area contributed by atoms with Crippen LogP contribution >= 0.6 is 11.8 Å². The van der Waals surface area contributed by atoms with E-state index in [0.29, 0.717) is 17.7 Å². The summed E-state index contributed by atoms with van der Waals surface area (Å²) in [5, 5.41) is 0. The maximum Gasteiger partial charge on any atom is 0.232 e. The van der Waals surface area contributed by atoms with Crippen LogP contribution < -0.4 is 0 Å². The summed E-state index contributed by atoms with van der Waals surface area (Å²) < 4.78 is 0. The molecular formula is C17H24N2OS. The van der Waals surface area contributed by atoms with Gasteiger partial charge in [0.2, 0.25) is 5.91 Å². The second kappa shape index (κ2) is 7.30. The lowest BCUT2D eigenvalue weighted by Crippen LogP contribution is -2.50. The average molecular weight is 304 g/mol. The monoisotopic (exact) mass is 304 g/mol. The third-order valence-corrected chi connectivity index (χ3v) is 5.77. The first kappa shape index (κ1) is 14.9. The number of fused-ring (bicyclic) bond motifs is 1. The van der Waals surface area contributed by atoms with E-state index in [1.165, 1.54) is 44.1 Å². The summed E-state index contributed by atoms with van der Waals surface area (Å²) in [4.78, 5) is 18.8. The smallest absolute Gasteiger partial charge is 0.232 e. The molecule has 0 bridgehead atoms. The van der Waals surface area contributed by atoms with Gasteiger partial charge in [-0.2, -0.15) is 0 Å². The minimum absolute atomic E-state index is 0.348. The number of thioether (sulfide) groups is 1. The van der Waals surface area contributed by atoms with Gasteiger partial charge >= 0.3 is 0 Å². The Kier molecular flexibility index (Phi) is 5.17. The first-order chi connectivity index (χ1) is 10.3. The number of nitrogens with zero attached hydrogens (tertiary/aromatic N) is 2. The minimum atomic E-state index is 0.348. The van der Waals surface area contributed by atoms with E-state index >= 15 is 0 Å². The van der Waals surface area contributed by atoms with Crippen LogP contribution in [0.3, 0.4) is 0 Å². The zero-order valence-corrected chi connectivity index (χ0v) is 13.4. The van der Waals surface area contributed by atoms with Crippen molar-refractivity contribution in [3.05, 3.63) is 30.1 Å². The van der Waals surface area contributed by atoms with Gasteiger partial charge in [-0.15, -0.1) is 11.8 Å². The normalized spacial score (nSPS) is 25.4. The van der Waals surface area contributed by atoms with Crippen molar-refractivity contribution in [2.24, 2.45) is 5.92 Å². The van der Waals surface area contributed by atoms with Crippen molar-refractivity contribution in [2.75, 3.05) is 12.3 Å². The van der Waals surface area contributed by atoms with Crippen LogP contribution in [0.5, 0.6) is 0 Å². The lowest BCUT2D eigenvalue weighted by molar-refractivity contribution is -0.134. The van der Waals surface area contributed by atoms with Gasteiger partial charge in [0.05, 0.1) is 5.75 Å². The molecule has 114 valence electrons. The molecule has 2 unspecified atom stereocenters. The Balaban J connectivity index is 1.50. The van der Waals surface area contributed by atoms with Crippen LogP contribution in [-0.4, -0.2) is 34.1 Å². The topological polar surface area (TPSA) is 33.2 Å². The van der Waals surface area contributed by atoms with E-state index in [4.69, 9.17) is 0 Å². The van der Waals surface area contributed by atoms with Crippen molar-refractivity contribution in [2.45, 2.75) is 50.3 Å². The van der Waals surface area contributed by atoms with Gasteiger partial charge in [-0.1, -0.05) is 18.9 Å². The minimum Gasteiger partial charge on any atom is -0.339 e. The van der Waals surface area contributed by atoms with E-state index in [2.05, 4.69) is 16.0 Å². The fraction of sp³-hybridized carbons (Fsp3) is 0.647. The molecule has 1 aliphatic heterocycles. The molecule has 0 N–H and O–H groups in total. The molecular weight excluding hydrogens is 280 g/mol. The SMILES string of the molecule is O=C(CSCc1cccnc1)N1CCCC2CCCCC21. The number of hydrogen-bond acceptors (Lipinski definition) is 3. The Morgan fingerprint density at radius 2 is 2.14 bits per heavy atom. The number of piperidine rings is 1. The van der Waals surface area contributed by atoms with Gasteiger partial charge in [0.25, 0.3) is 0 Å². The Morgan fingerprint density at radius 1 is 1.29 bits per heavy atom. The van der Waals surface area contributed by atoms with Crippen LogP contribution in [0.4, 0.5) is 0 Å². The summed E-state index contributed by atoms with van der Waals surface area (Å²) in [7, 11) is 0. The molecule has 1 amide bonds. The molecule has 4 heteroatoms. The highest BCUT2D eigenvalue weighted by Crippen LogP contribution is 2.35. The molecule has 0 spiro atoms. The van der Waals surface area contributed by atoms with Gasteiger partial charge in [0.15, 0.2) is 0 Å². The van der Waals surface area contributed by atoms with Gasteiger partial charge in [-0.25, -0.2) is 0 Å². The lowest BCUT2D eigenvalue weighted by atomic mass is 9.78. The predicted molar refractivity (Wildman–Crippen MR) is 87.1 cm³/mol. The Bertz CT molecular complexity index is 463. The van der Waals surface area contributed by atoms with E-state index in [1.807, 2.05) is 12.3 Å². The molecule has 0 aromatic carbocycles. The third kappa shape index (κ3) is 3.79. The first-order valence-corrected chi connectivity index (χ1v) is 9.26. The number of amides is 1. The molecule has 1 aromatic rings. The molecule has 2 fully saturated rings. The number of hydrogen-bond donors (Lipinski definition) is 0. The lowest BCUT2D eigenvalue weighted by Gasteiger charge is -2.44. The number of pyridine rings is 1. The Hall–Kier alpha value is -1.03. The van der Waals surface area contributed by atoms with E-state index in [1.54, 1.807) is 18.0 Å². The average Bonchev–Trinajstić information content (AvgIpc) is 2.55. The molecule has 1 aliphatic carbocycles. The molecule has 1 saturated heterocycles. The zero-order chi connectivity index (χ0) is 14.5. The van der Waals surface area contributed by atoms with Crippen molar-refractivity contribution in [3.63, 3.8) is 0 Å². The summed E-state index contributed by atoms with van der Waals surface area (Å²) in [5.41, 5.74) is 1.20. The van der Waals surface area contributed by atoms with Crippen molar-refractivity contribution < 1.29 is 4.79 Å². The Labute approximate surface area is 131 Å². The fourth-order valence-electron chi connectivity index (χ4n) is 3.76. The highest BCUT2D eigenvalue weighted by atomic mass is 32.2. The number of carbonyl (C=O) groups excluding carboxylic acids is 1. The molecule has 2 atom stereocenters. The highest BCUT2D eigenvalue weighted by Gasteiger charge is 2.35. The summed E-state index contributed by atoms with van der Waals surface area (Å²) in [6.07, 6.45) is 11.4. The molecule has 3 nitrogen and oxygen atoms in total. The maximum atomic E-state index is 12.5. The van der Waals surface area contributed by atoms with Crippen LogP contribution in [0.1, 0.15) is 44.1 Å². The van der Waals surface area contributed by atoms with E-state index in [9.17, 15) is 4.79 Å². The summed E-state index contributed by atoms with van der Waals surface area (Å²) in [6, 6.07) is 4.57. The molecule has 3 rings (SSSR count). The highest BCUT2D eigenvalue weighted by molar-refractivity contribution is 7.99. The van der Waals surface area contributed by atoms with Crippen LogP contribution in [-0.2, 0) is 10.5 Å². The molecule has 21 heavy (non-hydrogen) atoms. The van der Waals surface area contributed by atoms with Gasteiger partial charge in [0, 0.05) is 30.7 Å². The fourth-order valence-corrected chi connectivity index (χ4v) is 4.61. The van der Waals surface area contributed by atoms with Crippen molar-refractivity contribution in [1.29, 1.82) is 0 Å². The molecule has 2 aliphatic rings. The van der Waals surface area contributed by atoms with Crippen LogP contribution in [0.25, 0.3) is 0 Å². The van der Waals surface area contributed by atoms with Crippen molar-refractivity contribution in [1.82, 2.24) is 9.88 Å². The Morgan fingerprint density at radius 3 is 3.00 bits per heavy atom. The van der Waals surface area contributed by atoms with Crippen LogP contribution in [0, 0.1) is 5.92 Å². The van der Waals surface area contributed by atoms with Gasteiger partial charge in [0.1, 0.15) is 0 Å². The quantitative estimate of drug-likeness (QED) is 0.853. The number of likely N-dealkylation sites (tertiary alicyclic amines) is 1.